The van der Waals surface area contributed by atoms with Crippen LogP contribution in [0.2, 0.25) is 0 Å². The van der Waals surface area contributed by atoms with Crippen LogP contribution >= 0.6 is 11.8 Å². The summed E-state index contributed by atoms with van der Waals surface area (Å²) in [4.78, 5) is 0. The largest absolute Gasteiger partial charge is 0.394 e. The number of ether oxygens (including phenoxy) is 1. The Morgan fingerprint density at radius 2 is 1.68 bits per heavy atom. The molecule has 28 heavy (non-hydrogen) atoms. The van der Waals surface area contributed by atoms with Gasteiger partial charge in [0.2, 0.25) is 0 Å². The molecule has 6 heteroatoms. The average Bonchev–Trinajstić information content (AvgIpc) is 3.15. The molecule has 0 aliphatic carbocycles. The summed E-state index contributed by atoms with van der Waals surface area (Å²) in [5, 5.41) is 40.2. The third kappa shape index (κ3) is 3.49. The Kier molecular flexibility index (Phi) is 5.78. The van der Waals surface area contributed by atoms with Gasteiger partial charge in [-0.1, -0.05) is 49.4 Å². The molecule has 2 aliphatic heterocycles. The molecule has 0 aromatic heterocycles. The van der Waals surface area contributed by atoms with Gasteiger partial charge in [0.05, 0.1) is 11.9 Å². The smallest absolute Gasteiger partial charge is 0.113 e. The zero-order valence-electron chi connectivity index (χ0n) is 15.7. The van der Waals surface area contributed by atoms with Gasteiger partial charge in [0.1, 0.15) is 30.5 Å². The van der Waals surface area contributed by atoms with E-state index in [0.717, 1.165) is 17.7 Å². The Hall–Kier alpha value is -1.41. The number of hydrogen-bond donors (Lipinski definition) is 4. The lowest BCUT2D eigenvalue weighted by atomic mass is 9.89. The van der Waals surface area contributed by atoms with E-state index in [0.29, 0.717) is 0 Å². The number of benzene rings is 2. The summed E-state index contributed by atoms with van der Waals surface area (Å²) in [5.74, 6) is 0.921. The quantitative estimate of drug-likeness (QED) is 0.626. The summed E-state index contributed by atoms with van der Waals surface area (Å²) >= 11 is 1.87. The Morgan fingerprint density at radius 3 is 2.36 bits per heavy atom. The summed E-state index contributed by atoms with van der Waals surface area (Å²) in [7, 11) is 0. The van der Waals surface area contributed by atoms with Crippen molar-refractivity contribution in [3.8, 4) is 0 Å². The summed E-state index contributed by atoms with van der Waals surface area (Å²) in [6.45, 7) is 1.72. The lowest BCUT2D eigenvalue weighted by Gasteiger charge is -2.40. The first kappa shape index (κ1) is 19.9. The molecule has 5 nitrogen and oxygen atoms in total. The van der Waals surface area contributed by atoms with Crippen molar-refractivity contribution in [3.63, 3.8) is 0 Å². The van der Waals surface area contributed by atoms with Gasteiger partial charge in [-0.3, -0.25) is 0 Å². The molecule has 2 aromatic carbocycles. The Bertz CT molecular complexity index is 822. The first-order chi connectivity index (χ1) is 13.5. The molecule has 2 aliphatic rings. The maximum atomic E-state index is 10.4. The van der Waals surface area contributed by atoms with Crippen LogP contribution < -0.4 is 0 Å². The highest BCUT2D eigenvalue weighted by Crippen LogP contribution is 2.47. The van der Waals surface area contributed by atoms with E-state index < -0.39 is 37.1 Å². The minimum absolute atomic E-state index is 0.214. The van der Waals surface area contributed by atoms with Gasteiger partial charge in [0.25, 0.3) is 0 Å². The summed E-state index contributed by atoms with van der Waals surface area (Å²) < 4.78 is 5.73. The first-order valence-electron chi connectivity index (χ1n) is 9.67. The van der Waals surface area contributed by atoms with E-state index in [4.69, 9.17) is 4.74 Å². The van der Waals surface area contributed by atoms with Gasteiger partial charge in [-0.15, -0.1) is 11.8 Å². The molecule has 1 fully saturated rings. The van der Waals surface area contributed by atoms with Gasteiger partial charge in [0.15, 0.2) is 0 Å². The van der Waals surface area contributed by atoms with Crippen molar-refractivity contribution in [2.24, 2.45) is 0 Å². The standard InChI is InChI=1S/C22H26O5S/c1-2-12-3-5-13(6-4-12)22-16-9-14(7-8-15(16)11-28-22)21-20(26)19(25)18(24)17(10-23)27-21/h3-9,17-26H,2,10-11H2,1H3/t17?,18?,19?,20?,21?,22-/m0/s1. The van der Waals surface area contributed by atoms with E-state index in [-0.39, 0.29) is 5.25 Å². The molecular formula is C22H26O5S. The van der Waals surface area contributed by atoms with E-state index >= 15 is 0 Å². The topological polar surface area (TPSA) is 90.2 Å². The molecule has 0 amide bonds. The summed E-state index contributed by atoms with van der Waals surface area (Å²) in [6, 6.07) is 14.6. The summed E-state index contributed by atoms with van der Waals surface area (Å²) in [5.41, 5.74) is 5.73. The second kappa shape index (κ2) is 8.14. The van der Waals surface area contributed by atoms with Crippen LogP contribution in [-0.2, 0) is 16.9 Å². The number of thioether (sulfide) groups is 1. The van der Waals surface area contributed by atoms with E-state index in [9.17, 15) is 20.4 Å². The number of aryl methyl sites for hydroxylation is 1. The molecule has 6 atom stereocenters. The normalized spacial score (nSPS) is 32.3. The summed E-state index contributed by atoms with van der Waals surface area (Å²) in [6.07, 6.45) is -4.65. The van der Waals surface area contributed by atoms with E-state index in [1.54, 1.807) is 0 Å². The van der Waals surface area contributed by atoms with Crippen LogP contribution in [0, 0.1) is 0 Å². The highest BCUT2D eigenvalue weighted by Gasteiger charge is 2.44. The van der Waals surface area contributed by atoms with Crippen LogP contribution in [-0.4, -0.2) is 51.4 Å². The highest BCUT2D eigenvalue weighted by molar-refractivity contribution is 7.99. The van der Waals surface area contributed by atoms with Gasteiger partial charge in [-0.05, 0) is 34.2 Å². The van der Waals surface area contributed by atoms with Crippen molar-refractivity contribution in [1.82, 2.24) is 0 Å². The number of hydrogen-bond acceptors (Lipinski definition) is 6. The van der Waals surface area contributed by atoms with Gasteiger partial charge < -0.3 is 25.2 Å². The molecule has 0 radical (unpaired) electrons. The van der Waals surface area contributed by atoms with Gasteiger partial charge in [-0.25, -0.2) is 0 Å². The fourth-order valence-corrected chi connectivity index (χ4v) is 5.37. The van der Waals surface area contributed by atoms with Crippen LogP contribution in [0.4, 0.5) is 0 Å². The Morgan fingerprint density at radius 1 is 0.964 bits per heavy atom. The lowest BCUT2D eigenvalue weighted by molar-refractivity contribution is -0.231. The van der Waals surface area contributed by atoms with E-state index in [1.807, 2.05) is 30.0 Å². The van der Waals surface area contributed by atoms with Crippen LogP contribution in [0.3, 0.4) is 0 Å². The zero-order chi connectivity index (χ0) is 19.8. The molecular weight excluding hydrogens is 376 g/mol. The number of fused-ring (bicyclic) bond motifs is 1. The zero-order valence-corrected chi connectivity index (χ0v) is 16.5. The maximum Gasteiger partial charge on any atom is 0.113 e. The van der Waals surface area contributed by atoms with Gasteiger partial charge in [0, 0.05) is 5.75 Å². The third-order valence-electron chi connectivity index (χ3n) is 5.77. The van der Waals surface area contributed by atoms with Crippen molar-refractivity contribution in [3.05, 3.63) is 70.3 Å². The van der Waals surface area contributed by atoms with Crippen molar-refractivity contribution in [2.45, 2.75) is 54.9 Å². The number of rotatable bonds is 4. The van der Waals surface area contributed by atoms with Crippen LogP contribution in [0.15, 0.2) is 42.5 Å². The first-order valence-corrected chi connectivity index (χ1v) is 10.7. The molecule has 2 aromatic rings. The molecule has 2 heterocycles. The third-order valence-corrected chi connectivity index (χ3v) is 7.11. The van der Waals surface area contributed by atoms with Crippen molar-refractivity contribution in [1.29, 1.82) is 0 Å². The highest BCUT2D eigenvalue weighted by atomic mass is 32.2. The molecule has 4 rings (SSSR count). The van der Waals surface area contributed by atoms with Crippen LogP contribution in [0.1, 0.15) is 46.1 Å². The van der Waals surface area contributed by atoms with E-state index in [1.165, 1.54) is 22.3 Å². The van der Waals surface area contributed by atoms with Crippen molar-refractivity contribution >= 4 is 11.8 Å². The molecule has 0 saturated carbocycles. The maximum absolute atomic E-state index is 10.4. The van der Waals surface area contributed by atoms with Gasteiger partial charge >= 0.3 is 0 Å². The van der Waals surface area contributed by atoms with Crippen LogP contribution in [0.5, 0.6) is 0 Å². The number of aliphatic hydroxyl groups excluding tert-OH is 4. The molecule has 150 valence electrons. The Labute approximate surface area is 169 Å². The second-order valence-electron chi connectivity index (χ2n) is 7.49. The molecule has 0 bridgehead atoms. The Balaban J connectivity index is 1.64. The second-order valence-corrected chi connectivity index (χ2v) is 8.59. The van der Waals surface area contributed by atoms with Crippen LogP contribution in [0.25, 0.3) is 0 Å². The predicted molar refractivity (Wildman–Crippen MR) is 108 cm³/mol. The van der Waals surface area contributed by atoms with Crippen molar-refractivity contribution in [2.75, 3.05) is 6.61 Å². The minimum atomic E-state index is -1.36. The molecule has 1 saturated heterocycles. The van der Waals surface area contributed by atoms with Crippen molar-refractivity contribution < 1.29 is 25.2 Å². The fraction of sp³-hybridized carbons (Fsp3) is 0.455. The lowest BCUT2D eigenvalue weighted by Crippen LogP contribution is -2.55. The monoisotopic (exact) mass is 402 g/mol. The van der Waals surface area contributed by atoms with E-state index in [2.05, 4.69) is 31.2 Å². The molecule has 0 spiro atoms. The minimum Gasteiger partial charge on any atom is -0.394 e. The fourth-order valence-electron chi connectivity index (χ4n) is 4.01. The average molecular weight is 403 g/mol. The SMILES string of the molecule is CCc1ccc([C@@H]2SCc3ccc(C4OC(CO)C(O)C(O)C4O)cc32)cc1. The predicted octanol–water partition coefficient (Wildman–Crippen LogP) is 2.10. The number of aliphatic hydroxyl groups is 4. The van der Waals surface area contributed by atoms with Gasteiger partial charge in [-0.2, -0.15) is 0 Å². The molecule has 5 unspecified atom stereocenters. The molecule has 4 N–H and O–H groups in total.